The van der Waals surface area contributed by atoms with Gasteiger partial charge in [-0.15, -0.1) is 0 Å². The summed E-state index contributed by atoms with van der Waals surface area (Å²) in [7, 11) is 0. The molecule has 3 aromatic rings. The average molecular weight is 331 g/mol. The van der Waals surface area contributed by atoms with Crippen molar-refractivity contribution in [2.24, 2.45) is 0 Å². The summed E-state index contributed by atoms with van der Waals surface area (Å²) in [6.45, 7) is 0.400. The molecule has 3 nitrogen and oxygen atoms in total. The first kappa shape index (κ1) is 14.8. The Bertz CT molecular complexity index is 840. The second-order valence-electron chi connectivity index (χ2n) is 4.85. The van der Waals surface area contributed by atoms with Crippen molar-refractivity contribution >= 4 is 23.2 Å². The molecular formula is C17H12Cl2N2O. The Hall–Kier alpha value is -2.10. The van der Waals surface area contributed by atoms with Crippen LogP contribution < -0.4 is 5.56 Å². The van der Waals surface area contributed by atoms with Crippen molar-refractivity contribution in [2.75, 3.05) is 0 Å². The fourth-order valence-electron chi connectivity index (χ4n) is 2.10. The third-order valence-electron chi connectivity index (χ3n) is 3.25. The van der Waals surface area contributed by atoms with Crippen molar-refractivity contribution in [3.8, 4) is 11.3 Å². The predicted octanol–water partition coefficient (Wildman–Crippen LogP) is 4.27. The standard InChI is InChI=1S/C17H12Cl2N2O/c18-14-5-1-12(2-6-14)11-21-17(22)10-9-16(20-21)13-3-7-15(19)8-4-13/h1-10H,11H2. The molecule has 0 fully saturated rings. The summed E-state index contributed by atoms with van der Waals surface area (Å²) in [5.41, 5.74) is 2.46. The highest BCUT2D eigenvalue weighted by atomic mass is 35.5. The summed E-state index contributed by atoms with van der Waals surface area (Å²) in [5.74, 6) is 0. The molecule has 110 valence electrons. The number of hydrogen-bond donors (Lipinski definition) is 0. The number of halogens is 2. The van der Waals surface area contributed by atoms with E-state index in [9.17, 15) is 4.79 Å². The first-order valence-electron chi connectivity index (χ1n) is 6.70. The maximum Gasteiger partial charge on any atom is 0.267 e. The van der Waals surface area contributed by atoms with E-state index in [4.69, 9.17) is 23.2 Å². The van der Waals surface area contributed by atoms with Crippen LogP contribution in [0.3, 0.4) is 0 Å². The molecule has 0 atom stereocenters. The highest BCUT2D eigenvalue weighted by Gasteiger charge is 2.04. The minimum Gasteiger partial charge on any atom is -0.268 e. The van der Waals surface area contributed by atoms with Crippen LogP contribution in [0.4, 0.5) is 0 Å². The Labute approximate surface area is 137 Å². The van der Waals surface area contributed by atoms with Crippen LogP contribution >= 0.6 is 23.2 Å². The lowest BCUT2D eigenvalue weighted by Crippen LogP contribution is -2.22. The van der Waals surface area contributed by atoms with Gasteiger partial charge < -0.3 is 0 Å². The largest absolute Gasteiger partial charge is 0.268 e. The zero-order valence-electron chi connectivity index (χ0n) is 11.5. The van der Waals surface area contributed by atoms with Crippen molar-refractivity contribution in [3.63, 3.8) is 0 Å². The van der Waals surface area contributed by atoms with Crippen molar-refractivity contribution in [3.05, 3.63) is 86.6 Å². The third kappa shape index (κ3) is 3.38. The van der Waals surface area contributed by atoms with Gasteiger partial charge in [0, 0.05) is 21.7 Å². The molecule has 0 spiro atoms. The van der Waals surface area contributed by atoms with E-state index in [1.165, 1.54) is 10.7 Å². The van der Waals surface area contributed by atoms with Gasteiger partial charge in [0.25, 0.3) is 5.56 Å². The first-order chi connectivity index (χ1) is 10.6. The molecule has 0 aliphatic carbocycles. The quantitative estimate of drug-likeness (QED) is 0.718. The van der Waals surface area contributed by atoms with E-state index < -0.39 is 0 Å². The van der Waals surface area contributed by atoms with Gasteiger partial charge in [-0.2, -0.15) is 5.10 Å². The van der Waals surface area contributed by atoms with Crippen LogP contribution in [-0.2, 0) is 6.54 Å². The Morgan fingerprint density at radius 1 is 0.818 bits per heavy atom. The smallest absolute Gasteiger partial charge is 0.267 e. The zero-order valence-corrected chi connectivity index (χ0v) is 13.1. The molecule has 0 saturated heterocycles. The van der Waals surface area contributed by atoms with Gasteiger partial charge in [-0.1, -0.05) is 47.5 Å². The lowest BCUT2D eigenvalue weighted by molar-refractivity contribution is 0.643. The Balaban J connectivity index is 1.94. The van der Waals surface area contributed by atoms with Crippen LogP contribution in [0.25, 0.3) is 11.3 Å². The van der Waals surface area contributed by atoms with E-state index in [0.717, 1.165) is 16.8 Å². The van der Waals surface area contributed by atoms with Gasteiger partial charge in [-0.05, 0) is 35.9 Å². The van der Waals surface area contributed by atoms with Crippen molar-refractivity contribution in [1.29, 1.82) is 0 Å². The van der Waals surface area contributed by atoms with Gasteiger partial charge in [0.15, 0.2) is 0 Å². The van der Waals surface area contributed by atoms with Gasteiger partial charge in [0.05, 0.1) is 12.2 Å². The molecule has 2 aromatic carbocycles. The third-order valence-corrected chi connectivity index (χ3v) is 3.76. The maximum absolute atomic E-state index is 12.0. The molecule has 3 rings (SSSR count). The van der Waals surface area contributed by atoms with Crippen molar-refractivity contribution < 1.29 is 0 Å². The van der Waals surface area contributed by atoms with E-state index in [-0.39, 0.29) is 5.56 Å². The molecule has 0 radical (unpaired) electrons. The number of benzene rings is 2. The molecule has 0 bridgehead atoms. The molecule has 0 saturated carbocycles. The van der Waals surface area contributed by atoms with E-state index in [1.54, 1.807) is 30.3 Å². The van der Waals surface area contributed by atoms with Gasteiger partial charge in [-0.25, -0.2) is 4.68 Å². The number of hydrogen-bond acceptors (Lipinski definition) is 2. The van der Waals surface area contributed by atoms with Gasteiger partial charge >= 0.3 is 0 Å². The van der Waals surface area contributed by atoms with Gasteiger partial charge in [0.1, 0.15) is 0 Å². The molecule has 0 amide bonds. The molecule has 0 aliphatic rings. The molecule has 5 heteroatoms. The van der Waals surface area contributed by atoms with Crippen molar-refractivity contribution in [2.45, 2.75) is 6.54 Å². The summed E-state index contributed by atoms with van der Waals surface area (Å²) in [6.07, 6.45) is 0. The highest BCUT2D eigenvalue weighted by Crippen LogP contribution is 2.18. The maximum atomic E-state index is 12.0. The summed E-state index contributed by atoms with van der Waals surface area (Å²) < 4.78 is 1.44. The second-order valence-corrected chi connectivity index (χ2v) is 5.72. The predicted molar refractivity (Wildman–Crippen MR) is 89.5 cm³/mol. The number of aromatic nitrogens is 2. The second kappa shape index (κ2) is 6.34. The van der Waals surface area contributed by atoms with E-state index in [2.05, 4.69) is 5.10 Å². The SMILES string of the molecule is O=c1ccc(-c2ccc(Cl)cc2)nn1Cc1ccc(Cl)cc1. The summed E-state index contributed by atoms with van der Waals surface area (Å²) in [4.78, 5) is 12.0. The number of rotatable bonds is 3. The minimum atomic E-state index is -0.146. The van der Waals surface area contributed by atoms with Crippen LogP contribution in [0.1, 0.15) is 5.56 Å². The molecule has 0 aliphatic heterocycles. The topological polar surface area (TPSA) is 34.9 Å². The Kier molecular flexibility index (Phi) is 4.27. The first-order valence-corrected chi connectivity index (χ1v) is 7.46. The molecular weight excluding hydrogens is 319 g/mol. The van der Waals surface area contributed by atoms with E-state index in [1.807, 2.05) is 24.3 Å². The molecule has 0 N–H and O–H groups in total. The summed E-state index contributed by atoms with van der Waals surface area (Å²) >= 11 is 11.8. The van der Waals surface area contributed by atoms with Crippen LogP contribution in [0.5, 0.6) is 0 Å². The van der Waals surface area contributed by atoms with Gasteiger partial charge in [-0.3, -0.25) is 4.79 Å². The fourth-order valence-corrected chi connectivity index (χ4v) is 2.35. The van der Waals surface area contributed by atoms with Crippen LogP contribution in [-0.4, -0.2) is 9.78 Å². The fraction of sp³-hybridized carbons (Fsp3) is 0.0588. The van der Waals surface area contributed by atoms with E-state index >= 15 is 0 Å². The average Bonchev–Trinajstić information content (AvgIpc) is 2.52. The normalized spacial score (nSPS) is 10.6. The highest BCUT2D eigenvalue weighted by molar-refractivity contribution is 6.30. The summed E-state index contributed by atoms with van der Waals surface area (Å²) in [5, 5.41) is 5.75. The summed E-state index contributed by atoms with van der Waals surface area (Å²) in [6, 6.07) is 17.9. The number of nitrogens with zero attached hydrogens (tertiary/aromatic N) is 2. The van der Waals surface area contributed by atoms with E-state index in [0.29, 0.717) is 16.6 Å². The Morgan fingerprint density at radius 3 is 2.05 bits per heavy atom. The molecule has 1 heterocycles. The monoisotopic (exact) mass is 330 g/mol. The zero-order chi connectivity index (χ0) is 15.5. The lowest BCUT2D eigenvalue weighted by Gasteiger charge is -2.07. The molecule has 22 heavy (non-hydrogen) atoms. The Morgan fingerprint density at radius 2 is 1.41 bits per heavy atom. The minimum absolute atomic E-state index is 0.146. The molecule has 1 aromatic heterocycles. The van der Waals surface area contributed by atoms with Crippen LogP contribution in [0, 0.1) is 0 Å². The van der Waals surface area contributed by atoms with Gasteiger partial charge in [0.2, 0.25) is 0 Å². The van der Waals surface area contributed by atoms with Crippen molar-refractivity contribution in [1.82, 2.24) is 9.78 Å². The lowest BCUT2D eigenvalue weighted by atomic mass is 10.1. The molecule has 0 unspecified atom stereocenters. The van der Waals surface area contributed by atoms with Crippen LogP contribution in [0.15, 0.2) is 65.5 Å². The van der Waals surface area contributed by atoms with Crippen LogP contribution in [0.2, 0.25) is 10.0 Å².